The van der Waals surface area contributed by atoms with Crippen LogP contribution >= 0.6 is 0 Å². The van der Waals surface area contributed by atoms with E-state index in [4.69, 9.17) is 4.74 Å². The Hall–Kier alpha value is -2.04. The number of carbonyl (C=O) groups is 2. The van der Waals surface area contributed by atoms with Gasteiger partial charge in [-0.05, 0) is 31.7 Å². The van der Waals surface area contributed by atoms with Crippen molar-refractivity contribution in [3.8, 4) is 5.75 Å². The lowest BCUT2D eigenvalue weighted by Crippen LogP contribution is -2.60. The Balaban J connectivity index is 1.80. The maximum Gasteiger partial charge on any atom is 0.329 e. The number of ether oxygens (including phenoxy) is 1. The Morgan fingerprint density at radius 1 is 1.30 bits per heavy atom. The second-order valence-electron chi connectivity index (χ2n) is 5.46. The molecule has 1 atom stereocenters. The molecule has 0 bridgehead atoms. The maximum atomic E-state index is 12.4. The van der Waals surface area contributed by atoms with Crippen molar-refractivity contribution in [2.24, 2.45) is 0 Å². The number of fused-ring (bicyclic) bond motifs is 1. The van der Waals surface area contributed by atoms with Gasteiger partial charge in [0, 0.05) is 5.56 Å². The first-order chi connectivity index (χ1) is 9.62. The lowest BCUT2D eigenvalue weighted by molar-refractivity contribution is -0.152. The molecule has 20 heavy (non-hydrogen) atoms. The van der Waals surface area contributed by atoms with E-state index in [9.17, 15) is 14.7 Å². The molecule has 1 amide bonds. The van der Waals surface area contributed by atoms with Crippen LogP contribution in [0.1, 0.15) is 37.2 Å². The average molecular weight is 275 g/mol. The Labute approximate surface area is 116 Å². The first-order valence-corrected chi connectivity index (χ1v) is 6.89. The van der Waals surface area contributed by atoms with Gasteiger partial charge in [0.15, 0.2) is 0 Å². The SMILES string of the molecule is O=C(NC1(C(=O)O)CCC1)C1CCOc2ccccc21. The summed E-state index contributed by atoms with van der Waals surface area (Å²) in [4.78, 5) is 23.8. The molecule has 2 aliphatic rings. The number of carboxylic acid groups (broad SMARTS) is 1. The summed E-state index contributed by atoms with van der Waals surface area (Å²) in [5.74, 6) is -0.742. The normalized spacial score (nSPS) is 22.9. The third kappa shape index (κ3) is 2.03. The van der Waals surface area contributed by atoms with Crippen LogP contribution in [0.25, 0.3) is 0 Å². The Bertz CT molecular complexity index is 551. The van der Waals surface area contributed by atoms with E-state index in [-0.39, 0.29) is 11.8 Å². The second-order valence-corrected chi connectivity index (χ2v) is 5.46. The van der Waals surface area contributed by atoms with Crippen molar-refractivity contribution in [2.45, 2.75) is 37.1 Å². The molecule has 1 unspecified atom stereocenters. The van der Waals surface area contributed by atoms with E-state index >= 15 is 0 Å². The van der Waals surface area contributed by atoms with E-state index in [2.05, 4.69) is 5.32 Å². The molecule has 1 aromatic carbocycles. The summed E-state index contributed by atoms with van der Waals surface area (Å²) < 4.78 is 5.53. The minimum absolute atomic E-state index is 0.206. The van der Waals surface area contributed by atoms with Crippen LogP contribution in [0.5, 0.6) is 5.75 Å². The summed E-state index contributed by atoms with van der Waals surface area (Å²) in [5, 5.41) is 12.0. The van der Waals surface area contributed by atoms with E-state index in [0.717, 1.165) is 17.7 Å². The molecule has 5 nitrogen and oxygen atoms in total. The van der Waals surface area contributed by atoms with Crippen molar-refractivity contribution in [3.63, 3.8) is 0 Å². The highest BCUT2D eigenvalue weighted by Crippen LogP contribution is 2.36. The molecule has 106 valence electrons. The monoisotopic (exact) mass is 275 g/mol. The number of hydrogen-bond acceptors (Lipinski definition) is 3. The van der Waals surface area contributed by atoms with Crippen LogP contribution in [-0.4, -0.2) is 29.1 Å². The van der Waals surface area contributed by atoms with Crippen LogP contribution in [0.15, 0.2) is 24.3 Å². The van der Waals surface area contributed by atoms with Gasteiger partial charge in [-0.25, -0.2) is 4.79 Å². The number of carboxylic acids is 1. The zero-order chi connectivity index (χ0) is 14.2. The number of para-hydroxylation sites is 1. The molecular formula is C15H17NO4. The fraction of sp³-hybridized carbons (Fsp3) is 0.467. The molecule has 1 aromatic rings. The van der Waals surface area contributed by atoms with Crippen molar-refractivity contribution in [3.05, 3.63) is 29.8 Å². The van der Waals surface area contributed by atoms with Crippen molar-refractivity contribution in [1.29, 1.82) is 0 Å². The van der Waals surface area contributed by atoms with Gasteiger partial charge >= 0.3 is 5.97 Å². The van der Waals surface area contributed by atoms with Gasteiger partial charge < -0.3 is 15.2 Å². The first-order valence-electron chi connectivity index (χ1n) is 6.89. The summed E-state index contributed by atoms with van der Waals surface area (Å²) in [6, 6.07) is 7.44. The summed E-state index contributed by atoms with van der Waals surface area (Å²) in [6.07, 6.45) is 2.45. The minimum atomic E-state index is -1.05. The topological polar surface area (TPSA) is 75.6 Å². The number of hydrogen-bond donors (Lipinski definition) is 2. The molecule has 1 aliphatic carbocycles. The van der Waals surface area contributed by atoms with Crippen molar-refractivity contribution in [2.75, 3.05) is 6.61 Å². The highest BCUT2D eigenvalue weighted by Gasteiger charge is 2.46. The van der Waals surface area contributed by atoms with Gasteiger partial charge in [0.25, 0.3) is 0 Å². The zero-order valence-corrected chi connectivity index (χ0v) is 11.1. The third-order valence-electron chi connectivity index (χ3n) is 4.25. The molecular weight excluding hydrogens is 258 g/mol. The average Bonchev–Trinajstić information content (AvgIpc) is 2.41. The number of rotatable bonds is 3. The standard InChI is InChI=1S/C15H17NO4/c17-13(16-15(14(18)19)7-3-8-15)11-6-9-20-12-5-2-1-4-10(11)12/h1-2,4-5,11H,3,6-9H2,(H,16,17)(H,18,19). The minimum Gasteiger partial charge on any atom is -0.493 e. The number of benzene rings is 1. The van der Waals surface area contributed by atoms with Crippen LogP contribution in [-0.2, 0) is 9.59 Å². The van der Waals surface area contributed by atoms with E-state index < -0.39 is 11.5 Å². The van der Waals surface area contributed by atoms with E-state index in [1.165, 1.54) is 0 Å². The molecule has 1 saturated carbocycles. The Morgan fingerprint density at radius 2 is 2.05 bits per heavy atom. The van der Waals surface area contributed by atoms with E-state index in [0.29, 0.717) is 25.9 Å². The van der Waals surface area contributed by atoms with E-state index in [1.807, 2.05) is 24.3 Å². The molecule has 0 aromatic heterocycles. The first kappa shape index (κ1) is 13.0. The number of aliphatic carboxylic acids is 1. The number of amides is 1. The molecule has 1 fully saturated rings. The van der Waals surface area contributed by atoms with Gasteiger partial charge in [-0.1, -0.05) is 18.2 Å². The van der Waals surface area contributed by atoms with Crippen molar-refractivity contribution >= 4 is 11.9 Å². The molecule has 0 spiro atoms. The predicted molar refractivity (Wildman–Crippen MR) is 71.7 cm³/mol. The van der Waals surface area contributed by atoms with Gasteiger partial charge in [0.05, 0.1) is 12.5 Å². The zero-order valence-electron chi connectivity index (χ0n) is 11.1. The Morgan fingerprint density at radius 3 is 2.70 bits per heavy atom. The lowest BCUT2D eigenvalue weighted by atomic mass is 9.76. The quantitative estimate of drug-likeness (QED) is 0.880. The summed E-state index contributed by atoms with van der Waals surface area (Å²) in [7, 11) is 0. The van der Waals surface area contributed by atoms with Gasteiger partial charge in [0.2, 0.25) is 5.91 Å². The molecule has 5 heteroatoms. The van der Waals surface area contributed by atoms with Crippen LogP contribution in [0.3, 0.4) is 0 Å². The molecule has 2 N–H and O–H groups in total. The molecule has 1 heterocycles. The number of carbonyl (C=O) groups excluding carboxylic acids is 1. The molecule has 0 radical (unpaired) electrons. The van der Waals surface area contributed by atoms with Crippen LogP contribution < -0.4 is 10.1 Å². The number of nitrogens with one attached hydrogen (secondary N) is 1. The Kier molecular flexibility index (Phi) is 3.12. The van der Waals surface area contributed by atoms with E-state index in [1.54, 1.807) is 0 Å². The molecule has 0 saturated heterocycles. The largest absolute Gasteiger partial charge is 0.493 e. The lowest BCUT2D eigenvalue weighted by Gasteiger charge is -2.39. The smallest absolute Gasteiger partial charge is 0.329 e. The van der Waals surface area contributed by atoms with Crippen LogP contribution in [0.2, 0.25) is 0 Å². The summed E-state index contributed by atoms with van der Waals surface area (Å²) >= 11 is 0. The van der Waals surface area contributed by atoms with Gasteiger partial charge in [-0.3, -0.25) is 4.79 Å². The van der Waals surface area contributed by atoms with Gasteiger partial charge in [0.1, 0.15) is 11.3 Å². The summed E-state index contributed by atoms with van der Waals surface area (Å²) in [5.41, 5.74) is -0.208. The highest BCUT2D eigenvalue weighted by molar-refractivity contribution is 5.91. The predicted octanol–water partition coefficient (Wildman–Crippen LogP) is 1.68. The third-order valence-corrected chi connectivity index (χ3v) is 4.25. The fourth-order valence-corrected chi connectivity index (χ4v) is 2.86. The van der Waals surface area contributed by atoms with Gasteiger partial charge in [-0.15, -0.1) is 0 Å². The van der Waals surface area contributed by atoms with Crippen LogP contribution in [0.4, 0.5) is 0 Å². The molecule has 3 rings (SSSR count). The van der Waals surface area contributed by atoms with Crippen molar-refractivity contribution < 1.29 is 19.4 Å². The molecule has 1 aliphatic heterocycles. The maximum absolute atomic E-state index is 12.4. The fourth-order valence-electron chi connectivity index (χ4n) is 2.86. The van der Waals surface area contributed by atoms with Crippen molar-refractivity contribution in [1.82, 2.24) is 5.32 Å². The highest BCUT2D eigenvalue weighted by atomic mass is 16.5. The summed E-state index contributed by atoms with van der Waals surface area (Å²) in [6.45, 7) is 0.481. The van der Waals surface area contributed by atoms with Gasteiger partial charge in [-0.2, -0.15) is 0 Å². The van der Waals surface area contributed by atoms with Crippen LogP contribution in [0, 0.1) is 0 Å². The second kappa shape index (κ2) is 4.81.